The highest BCUT2D eigenvalue weighted by Gasteiger charge is 2.16. The van der Waals surface area contributed by atoms with Crippen molar-refractivity contribution in [3.8, 4) is 0 Å². The number of nitrogens with zero attached hydrogens (tertiary/aromatic N) is 2. The maximum Gasteiger partial charge on any atom is 0.0896 e. The van der Waals surface area contributed by atoms with Crippen molar-refractivity contribution in [3.05, 3.63) is 65.4 Å². The summed E-state index contributed by atoms with van der Waals surface area (Å²) in [6.45, 7) is 0. The fraction of sp³-hybridized carbons (Fsp3) is 0.188. The highest BCUT2D eigenvalue weighted by molar-refractivity contribution is 6.34. The zero-order valence-corrected chi connectivity index (χ0v) is 12.3. The van der Waals surface area contributed by atoms with Crippen LogP contribution in [0.3, 0.4) is 0 Å². The first kappa shape index (κ1) is 13.5. The first-order valence-corrected chi connectivity index (χ1v) is 7.44. The molecular weight excluding hydrogens is 291 g/mol. The average molecular weight is 305 g/mol. The lowest BCUT2D eigenvalue weighted by atomic mass is 10.0. The van der Waals surface area contributed by atoms with Gasteiger partial charge in [0.25, 0.3) is 0 Å². The second-order valence-corrected chi connectivity index (χ2v) is 5.44. The van der Waals surface area contributed by atoms with Crippen molar-refractivity contribution >= 4 is 34.2 Å². The summed E-state index contributed by atoms with van der Waals surface area (Å²) in [5.41, 5.74) is 3.10. The fourth-order valence-electron chi connectivity index (χ4n) is 2.55. The normalized spacial score (nSPS) is 12.7. The van der Waals surface area contributed by atoms with Gasteiger partial charge in [-0.1, -0.05) is 41.9 Å². The van der Waals surface area contributed by atoms with Gasteiger partial charge in [0.1, 0.15) is 0 Å². The molecule has 0 N–H and O–H groups in total. The molecule has 2 aromatic heterocycles. The predicted octanol–water partition coefficient (Wildman–Crippen LogP) is 4.91. The van der Waals surface area contributed by atoms with E-state index in [-0.39, 0.29) is 6.04 Å². The van der Waals surface area contributed by atoms with Crippen LogP contribution in [0.2, 0.25) is 5.02 Å². The van der Waals surface area contributed by atoms with Gasteiger partial charge in [-0.25, -0.2) is 0 Å². The van der Waals surface area contributed by atoms with E-state index in [9.17, 15) is 0 Å². The van der Waals surface area contributed by atoms with E-state index in [0.717, 1.165) is 22.5 Å². The van der Waals surface area contributed by atoms with E-state index in [1.807, 2.05) is 36.5 Å². The van der Waals surface area contributed by atoms with E-state index in [1.165, 1.54) is 5.56 Å². The summed E-state index contributed by atoms with van der Waals surface area (Å²) in [7, 11) is 0. The van der Waals surface area contributed by atoms with Gasteiger partial charge in [-0.05, 0) is 24.1 Å². The summed E-state index contributed by atoms with van der Waals surface area (Å²) in [6, 6.07) is 14.3. The second kappa shape index (κ2) is 5.86. The van der Waals surface area contributed by atoms with Crippen molar-refractivity contribution < 1.29 is 0 Å². The minimum absolute atomic E-state index is 0.174. The first-order valence-electron chi connectivity index (χ1n) is 6.53. The molecular formula is C16H14Cl2N2. The van der Waals surface area contributed by atoms with E-state index >= 15 is 0 Å². The Balaban J connectivity index is 2.15. The molecule has 0 amide bonds. The maximum atomic E-state index is 6.34. The van der Waals surface area contributed by atoms with E-state index in [1.54, 1.807) is 6.20 Å². The summed E-state index contributed by atoms with van der Waals surface area (Å²) in [5, 5.41) is 0.718. The Morgan fingerprint density at radius 2 is 1.90 bits per heavy atom. The third-order valence-corrected chi connectivity index (χ3v) is 3.98. The number of hydrogen-bond donors (Lipinski definition) is 0. The molecule has 3 rings (SSSR count). The van der Waals surface area contributed by atoms with Crippen LogP contribution in [0.5, 0.6) is 0 Å². The van der Waals surface area contributed by atoms with Crippen LogP contribution in [-0.4, -0.2) is 15.4 Å². The Morgan fingerprint density at radius 3 is 2.65 bits per heavy atom. The second-order valence-electron chi connectivity index (χ2n) is 4.65. The van der Waals surface area contributed by atoms with E-state index in [4.69, 9.17) is 23.2 Å². The van der Waals surface area contributed by atoms with Crippen LogP contribution >= 0.6 is 23.2 Å². The number of hydrogen-bond acceptors (Lipinski definition) is 1. The lowest BCUT2D eigenvalue weighted by Crippen LogP contribution is -2.10. The molecule has 2 heterocycles. The highest BCUT2D eigenvalue weighted by atomic mass is 35.5. The van der Waals surface area contributed by atoms with Crippen molar-refractivity contribution in [2.75, 3.05) is 5.88 Å². The maximum absolute atomic E-state index is 6.34. The Morgan fingerprint density at radius 1 is 1.10 bits per heavy atom. The van der Waals surface area contributed by atoms with E-state index < -0.39 is 0 Å². The number of rotatable bonds is 4. The molecule has 0 fully saturated rings. The van der Waals surface area contributed by atoms with Gasteiger partial charge in [-0.3, -0.25) is 4.98 Å². The molecule has 3 aromatic rings. The smallest absolute Gasteiger partial charge is 0.0896 e. The van der Waals surface area contributed by atoms with Gasteiger partial charge in [0.05, 0.1) is 22.1 Å². The molecule has 0 saturated heterocycles. The largest absolute Gasteiger partial charge is 0.337 e. The molecule has 1 unspecified atom stereocenters. The molecule has 0 aliphatic heterocycles. The van der Waals surface area contributed by atoms with Crippen LogP contribution in [-0.2, 0) is 0 Å². The van der Waals surface area contributed by atoms with Gasteiger partial charge < -0.3 is 4.57 Å². The van der Waals surface area contributed by atoms with Crippen LogP contribution in [0.4, 0.5) is 0 Å². The van der Waals surface area contributed by atoms with Crippen LogP contribution in [0.1, 0.15) is 18.0 Å². The molecule has 0 aliphatic rings. The SMILES string of the molecule is ClCCC(c1ccccc1)n1ccc2nccc(Cl)c21. The molecule has 0 spiro atoms. The molecule has 1 atom stereocenters. The van der Waals surface area contributed by atoms with Gasteiger partial charge in [-0.15, -0.1) is 11.6 Å². The van der Waals surface area contributed by atoms with Gasteiger partial charge in [-0.2, -0.15) is 0 Å². The average Bonchev–Trinajstić information content (AvgIpc) is 2.91. The highest BCUT2D eigenvalue weighted by Crippen LogP contribution is 2.30. The molecule has 1 aromatic carbocycles. The molecule has 0 radical (unpaired) electrons. The van der Waals surface area contributed by atoms with E-state index in [0.29, 0.717) is 5.88 Å². The van der Waals surface area contributed by atoms with Crippen LogP contribution in [0.15, 0.2) is 54.9 Å². The van der Waals surface area contributed by atoms with Crippen molar-refractivity contribution in [3.63, 3.8) is 0 Å². The molecule has 102 valence electrons. The predicted molar refractivity (Wildman–Crippen MR) is 84.7 cm³/mol. The van der Waals surface area contributed by atoms with Gasteiger partial charge in [0.15, 0.2) is 0 Å². The summed E-state index contributed by atoms with van der Waals surface area (Å²) in [6.07, 6.45) is 4.61. The van der Waals surface area contributed by atoms with Gasteiger partial charge in [0, 0.05) is 18.3 Å². The van der Waals surface area contributed by atoms with Gasteiger partial charge >= 0.3 is 0 Å². The van der Waals surface area contributed by atoms with Crippen molar-refractivity contribution in [2.45, 2.75) is 12.5 Å². The monoisotopic (exact) mass is 304 g/mol. The topological polar surface area (TPSA) is 17.8 Å². The first-order chi connectivity index (χ1) is 9.81. The lowest BCUT2D eigenvalue weighted by molar-refractivity contribution is 0.588. The lowest BCUT2D eigenvalue weighted by Gasteiger charge is -2.20. The van der Waals surface area contributed by atoms with Crippen LogP contribution < -0.4 is 0 Å². The standard InChI is InChI=1S/C16H14Cl2N2/c17-9-6-15(12-4-2-1-3-5-12)20-11-8-14-16(20)13(18)7-10-19-14/h1-5,7-8,10-11,15H,6,9H2. The molecule has 2 nitrogen and oxygen atoms in total. The van der Waals surface area contributed by atoms with Crippen molar-refractivity contribution in [2.24, 2.45) is 0 Å². The summed E-state index contributed by atoms with van der Waals surface area (Å²) < 4.78 is 2.17. The number of pyridine rings is 1. The number of halogens is 2. The Labute approximate surface area is 128 Å². The van der Waals surface area contributed by atoms with Gasteiger partial charge in [0.2, 0.25) is 0 Å². The molecule has 0 saturated carbocycles. The third-order valence-electron chi connectivity index (χ3n) is 3.46. The third kappa shape index (κ3) is 2.41. The minimum atomic E-state index is 0.174. The number of benzene rings is 1. The van der Waals surface area contributed by atoms with Crippen molar-refractivity contribution in [1.29, 1.82) is 0 Å². The van der Waals surface area contributed by atoms with Crippen LogP contribution in [0, 0.1) is 0 Å². The fourth-order valence-corrected chi connectivity index (χ4v) is 3.01. The summed E-state index contributed by atoms with van der Waals surface area (Å²) in [5.74, 6) is 0.594. The molecule has 4 heteroatoms. The summed E-state index contributed by atoms with van der Waals surface area (Å²) >= 11 is 12.3. The number of fused-ring (bicyclic) bond motifs is 1. The molecule has 0 bridgehead atoms. The molecule has 0 aliphatic carbocycles. The Bertz CT molecular complexity index is 707. The zero-order chi connectivity index (χ0) is 13.9. The zero-order valence-electron chi connectivity index (χ0n) is 10.8. The Hall–Kier alpha value is -1.51. The minimum Gasteiger partial charge on any atom is -0.337 e. The van der Waals surface area contributed by atoms with Crippen LogP contribution in [0.25, 0.3) is 11.0 Å². The summed E-state index contributed by atoms with van der Waals surface area (Å²) in [4.78, 5) is 4.36. The van der Waals surface area contributed by atoms with Crippen molar-refractivity contribution in [1.82, 2.24) is 9.55 Å². The number of alkyl halides is 1. The Kier molecular flexibility index (Phi) is 3.95. The molecule has 20 heavy (non-hydrogen) atoms. The number of aromatic nitrogens is 2. The quantitative estimate of drug-likeness (QED) is 0.626. The van der Waals surface area contributed by atoms with E-state index in [2.05, 4.69) is 21.7 Å².